The van der Waals surface area contributed by atoms with Crippen LogP contribution in [0.25, 0.3) is 0 Å². The topological polar surface area (TPSA) is 114 Å². The number of ether oxygens (including phenoxy) is 2. The lowest BCUT2D eigenvalue weighted by Crippen LogP contribution is -2.50. The van der Waals surface area contributed by atoms with E-state index in [9.17, 15) is 32.3 Å². The lowest BCUT2D eigenvalue weighted by atomic mass is 10.2. The molecule has 1 saturated heterocycles. The Kier molecular flexibility index (Phi) is 6.61. The summed E-state index contributed by atoms with van der Waals surface area (Å²) in [5.74, 6) is -2.57. The van der Waals surface area contributed by atoms with Crippen molar-refractivity contribution < 1.29 is 41.8 Å². The van der Waals surface area contributed by atoms with E-state index in [0.29, 0.717) is 5.69 Å². The van der Waals surface area contributed by atoms with E-state index in [2.05, 4.69) is 15.5 Å². The monoisotopic (exact) mass is 451 g/mol. The number of hydrogen-bond donors (Lipinski definition) is 2. The number of amides is 3. The number of esters is 1. The summed E-state index contributed by atoms with van der Waals surface area (Å²) in [5, 5.41) is 3.45. The lowest BCUT2D eigenvalue weighted by Gasteiger charge is -2.27. The van der Waals surface area contributed by atoms with Gasteiger partial charge in [-0.3, -0.25) is 19.8 Å². The lowest BCUT2D eigenvalue weighted by molar-refractivity contribution is -0.274. The fraction of sp³-hybridized carbons (Fsp3) is 0.200. The van der Waals surface area contributed by atoms with Crippen molar-refractivity contribution in [1.29, 1.82) is 0 Å². The van der Waals surface area contributed by atoms with Gasteiger partial charge in [0.25, 0.3) is 5.91 Å². The molecule has 0 saturated carbocycles. The van der Waals surface area contributed by atoms with Gasteiger partial charge < -0.3 is 14.8 Å². The van der Waals surface area contributed by atoms with E-state index >= 15 is 0 Å². The summed E-state index contributed by atoms with van der Waals surface area (Å²) in [6.07, 6.45) is -4.65. The molecule has 12 heteroatoms. The van der Waals surface area contributed by atoms with E-state index in [1.807, 2.05) is 0 Å². The molecule has 0 unspecified atom stereocenters. The minimum absolute atomic E-state index is 0.0722. The molecule has 9 nitrogen and oxygen atoms in total. The Labute approximate surface area is 179 Å². The van der Waals surface area contributed by atoms with Crippen molar-refractivity contribution in [2.24, 2.45) is 0 Å². The van der Waals surface area contributed by atoms with Gasteiger partial charge in [-0.05, 0) is 48.5 Å². The van der Waals surface area contributed by atoms with Crippen molar-refractivity contribution in [3.63, 3.8) is 0 Å². The number of halogens is 3. The number of rotatable bonds is 6. The van der Waals surface area contributed by atoms with Gasteiger partial charge in [-0.15, -0.1) is 13.2 Å². The van der Waals surface area contributed by atoms with Crippen LogP contribution in [0.1, 0.15) is 23.2 Å². The Morgan fingerprint density at radius 3 is 2.28 bits per heavy atom. The van der Waals surface area contributed by atoms with Crippen LogP contribution in [0.2, 0.25) is 0 Å². The summed E-state index contributed by atoms with van der Waals surface area (Å²) >= 11 is 0. The molecular formula is C20H16F3N3O6. The third-order valence-corrected chi connectivity index (χ3v) is 4.12. The first-order valence-corrected chi connectivity index (χ1v) is 9.16. The van der Waals surface area contributed by atoms with Gasteiger partial charge in [0.1, 0.15) is 5.75 Å². The maximum absolute atomic E-state index is 12.1. The highest BCUT2D eigenvalue weighted by Gasteiger charge is 2.31. The molecule has 0 radical (unpaired) electrons. The van der Waals surface area contributed by atoms with E-state index in [-0.39, 0.29) is 35.9 Å². The first-order chi connectivity index (χ1) is 15.1. The highest BCUT2D eigenvalue weighted by atomic mass is 19.4. The minimum atomic E-state index is -4.82. The highest BCUT2D eigenvalue weighted by molar-refractivity contribution is 6.01. The van der Waals surface area contributed by atoms with E-state index in [0.717, 1.165) is 17.1 Å². The number of alkyl halides is 3. The van der Waals surface area contributed by atoms with Gasteiger partial charge in [0.2, 0.25) is 11.8 Å². The van der Waals surface area contributed by atoms with Crippen LogP contribution in [0, 0.1) is 0 Å². The number of carbonyl (C=O) groups is 4. The van der Waals surface area contributed by atoms with E-state index in [1.165, 1.54) is 36.4 Å². The van der Waals surface area contributed by atoms with E-state index in [4.69, 9.17) is 4.74 Å². The molecule has 1 heterocycles. The molecule has 2 aromatic carbocycles. The predicted molar refractivity (Wildman–Crippen MR) is 103 cm³/mol. The van der Waals surface area contributed by atoms with Crippen molar-refractivity contribution in [3.05, 3.63) is 54.1 Å². The fourth-order valence-electron chi connectivity index (χ4n) is 2.68. The van der Waals surface area contributed by atoms with Crippen molar-refractivity contribution in [2.75, 3.05) is 16.9 Å². The molecule has 0 bridgehead atoms. The van der Waals surface area contributed by atoms with Crippen molar-refractivity contribution in [1.82, 2.24) is 5.43 Å². The maximum Gasteiger partial charge on any atom is 0.573 e. The number of anilines is 2. The molecule has 3 amide bonds. The molecule has 0 atom stereocenters. The zero-order valence-corrected chi connectivity index (χ0v) is 16.3. The Morgan fingerprint density at radius 1 is 1.00 bits per heavy atom. The minimum Gasteiger partial charge on any atom is -0.452 e. The zero-order chi connectivity index (χ0) is 23.3. The molecule has 0 aromatic heterocycles. The normalized spacial score (nSPS) is 13.9. The molecule has 2 N–H and O–H groups in total. The molecule has 1 aliphatic heterocycles. The first-order valence-electron chi connectivity index (χ1n) is 9.16. The second-order valence-corrected chi connectivity index (χ2v) is 6.51. The van der Waals surface area contributed by atoms with Crippen molar-refractivity contribution in [3.8, 4) is 5.75 Å². The number of nitrogens with one attached hydrogen (secondary N) is 2. The van der Waals surface area contributed by atoms with Crippen LogP contribution in [0.4, 0.5) is 24.5 Å². The van der Waals surface area contributed by atoms with Gasteiger partial charge in [0.05, 0.1) is 11.3 Å². The summed E-state index contributed by atoms with van der Waals surface area (Å²) in [4.78, 5) is 47.3. The van der Waals surface area contributed by atoms with Gasteiger partial charge in [-0.25, -0.2) is 9.80 Å². The Bertz CT molecular complexity index is 1020. The Balaban J connectivity index is 1.50. The van der Waals surface area contributed by atoms with Gasteiger partial charge in [-0.1, -0.05) is 0 Å². The van der Waals surface area contributed by atoms with Crippen LogP contribution in [0.3, 0.4) is 0 Å². The predicted octanol–water partition coefficient (Wildman–Crippen LogP) is 2.54. The van der Waals surface area contributed by atoms with Gasteiger partial charge in [-0.2, -0.15) is 0 Å². The average molecular weight is 451 g/mol. The van der Waals surface area contributed by atoms with Crippen molar-refractivity contribution in [2.45, 2.75) is 19.2 Å². The van der Waals surface area contributed by atoms with Crippen LogP contribution in [-0.2, 0) is 19.1 Å². The summed E-state index contributed by atoms with van der Waals surface area (Å²) < 4.78 is 45.1. The first kappa shape index (κ1) is 22.6. The molecule has 3 rings (SSSR count). The smallest absolute Gasteiger partial charge is 0.452 e. The van der Waals surface area contributed by atoms with Crippen LogP contribution < -0.4 is 20.5 Å². The van der Waals surface area contributed by atoms with Crippen LogP contribution in [-0.4, -0.2) is 36.7 Å². The quantitative estimate of drug-likeness (QED) is 0.653. The third-order valence-electron chi connectivity index (χ3n) is 4.12. The second kappa shape index (κ2) is 9.37. The summed E-state index contributed by atoms with van der Waals surface area (Å²) in [6, 6.07) is 10.0. The van der Waals surface area contributed by atoms with Gasteiger partial charge in [0.15, 0.2) is 6.61 Å². The molecule has 32 heavy (non-hydrogen) atoms. The molecular weight excluding hydrogens is 435 g/mol. The summed E-state index contributed by atoms with van der Waals surface area (Å²) in [7, 11) is 0. The molecule has 168 valence electrons. The Morgan fingerprint density at radius 2 is 1.66 bits per heavy atom. The van der Waals surface area contributed by atoms with Crippen LogP contribution in [0.15, 0.2) is 48.5 Å². The third kappa shape index (κ3) is 6.20. The number of hydrogen-bond acceptors (Lipinski definition) is 6. The fourth-order valence-corrected chi connectivity index (χ4v) is 2.68. The number of hydrazine groups is 1. The van der Waals surface area contributed by atoms with Gasteiger partial charge >= 0.3 is 12.3 Å². The second-order valence-electron chi connectivity index (χ2n) is 6.51. The van der Waals surface area contributed by atoms with Crippen molar-refractivity contribution >= 4 is 35.1 Å². The largest absolute Gasteiger partial charge is 0.573 e. The number of benzene rings is 2. The zero-order valence-electron chi connectivity index (χ0n) is 16.3. The maximum atomic E-state index is 12.1. The van der Waals surface area contributed by atoms with Crippen LogP contribution in [0.5, 0.6) is 5.75 Å². The highest BCUT2D eigenvalue weighted by Crippen LogP contribution is 2.24. The Hall–Kier alpha value is -4.09. The summed E-state index contributed by atoms with van der Waals surface area (Å²) in [6.45, 7) is -0.637. The summed E-state index contributed by atoms with van der Waals surface area (Å²) in [5.41, 5.74) is 3.06. The SMILES string of the molecule is O=C(COC(=O)c1ccc(N2NC(=O)CCC2=O)cc1)Nc1ccc(OC(F)(F)F)cc1. The van der Waals surface area contributed by atoms with Crippen LogP contribution >= 0.6 is 0 Å². The molecule has 1 aliphatic rings. The molecule has 0 spiro atoms. The standard InChI is InChI=1S/C20H16F3N3O6/c21-20(22,23)32-15-7-3-13(4-8-15)24-17(28)11-31-19(30)12-1-5-14(6-2-12)26-18(29)10-9-16(27)25-26/h1-8H,9-11H2,(H,24,28)(H,25,27). The van der Waals surface area contributed by atoms with Gasteiger partial charge in [0, 0.05) is 18.5 Å². The number of nitrogens with zero attached hydrogens (tertiary/aromatic N) is 1. The van der Waals surface area contributed by atoms with E-state index in [1.54, 1.807) is 0 Å². The average Bonchev–Trinajstić information content (AvgIpc) is 2.74. The van der Waals surface area contributed by atoms with E-state index < -0.39 is 30.6 Å². The molecule has 0 aliphatic carbocycles. The number of carbonyl (C=O) groups excluding carboxylic acids is 4. The molecule has 1 fully saturated rings. The molecule has 2 aromatic rings.